The van der Waals surface area contributed by atoms with Gasteiger partial charge in [-0.2, -0.15) is 0 Å². The molecular weight excluding hydrogens is 259 g/mol. The molecule has 0 heterocycles. The first kappa shape index (κ1) is 14.6. The van der Waals surface area contributed by atoms with Crippen LogP contribution in [0.15, 0.2) is 29.2 Å². The van der Waals surface area contributed by atoms with Crippen molar-refractivity contribution in [2.45, 2.75) is 18.7 Å². The lowest BCUT2D eigenvalue weighted by molar-refractivity contribution is 0.230. The van der Waals surface area contributed by atoms with Gasteiger partial charge in [-0.25, -0.2) is 0 Å². The minimum absolute atomic E-state index is 0.318. The van der Waals surface area contributed by atoms with Crippen LogP contribution in [0.1, 0.15) is 13.8 Å². The Morgan fingerprint density at radius 3 is 1.94 bits per heavy atom. The fourth-order valence-corrected chi connectivity index (χ4v) is 3.43. The van der Waals surface area contributed by atoms with Crippen LogP contribution in [-0.2, 0) is 24.4 Å². The Hall–Kier alpha value is -0.480. The second-order valence-corrected chi connectivity index (χ2v) is 6.69. The molecule has 0 amide bonds. The van der Waals surface area contributed by atoms with Crippen LogP contribution in [0.5, 0.6) is 0 Å². The average molecular weight is 276 g/mol. The van der Waals surface area contributed by atoms with Crippen LogP contribution in [-0.4, -0.2) is 23.7 Å². The molecular formula is C11H17O4PS. The van der Waals surface area contributed by atoms with E-state index in [0.29, 0.717) is 23.4 Å². The summed E-state index contributed by atoms with van der Waals surface area (Å²) in [5, 5.41) is 0.496. The monoisotopic (exact) mass is 276 g/mol. The van der Waals surface area contributed by atoms with Crippen LogP contribution >= 0.6 is 7.60 Å². The average Bonchev–Trinajstić information content (AvgIpc) is 2.30. The van der Waals surface area contributed by atoms with Crippen molar-refractivity contribution in [2.24, 2.45) is 0 Å². The molecule has 0 saturated heterocycles. The van der Waals surface area contributed by atoms with Gasteiger partial charge >= 0.3 is 7.60 Å². The van der Waals surface area contributed by atoms with Gasteiger partial charge in [0, 0.05) is 22.0 Å². The van der Waals surface area contributed by atoms with Crippen LogP contribution in [0.2, 0.25) is 0 Å². The zero-order chi connectivity index (χ0) is 12.9. The Morgan fingerprint density at radius 2 is 1.59 bits per heavy atom. The van der Waals surface area contributed by atoms with E-state index in [1.807, 2.05) is 0 Å². The second kappa shape index (κ2) is 6.45. The maximum Gasteiger partial charge on any atom is 0.361 e. The van der Waals surface area contributed by atoms with Crippen LogP contribution in [0.3, 0.4) is 0 Å². The van der Waals surface area contributed by atoms with Gasteiger partial charge in [0.15, 0.2) is 0 Å². The summed E-state index contributed by atoms with van der Waals surface area (Å²) < 4.78 is 34.0. The fourth-order valence-electron chi connectivity index (χ4n) is 1.35. The molecule has 1 rings (SSSR count). The van der Waals surface area contributed by atoms with Crippen molar-refractivity contribution in [1.82, 2.24) is 0 Å². The topological polar surface area (TPSA) is 52.6 Å². The number of benzene rings is 1. The van der Waals surface area contributed by atoms with E-state index < -0.39 is 18.4 Å². The van der Waals surface area contributed by atoms with Gasteiger partial charge in [0.2, 0.25) is 0 Å². The van der Waals surface area contributed by atoms with E-state index in [1.165, 1.54) is 0 Å². The molecule has 0 spiro atoms. The lowest BCUT2D eigenvalue weighted by atomic mass is 10.4. The number of rotatable bonds is 6. The number of hydrogen-bond acceptors (Lipinski definition) is 4. The highest BCUT2D eigenvalue weighted by molar-refractivity contribution is 7.84. The maximum atomic E-state index is 12.4. The SMILES string of the molecule is CCOP(=O)(OCC)c1ccc(S(C)=O)cc1. The zero-order valence-corrected chi connectivity index (χ0v) is 11.9. The highest BCUT2D eigenvalue weighted by atomic mass is 32.2. The normalized spacial score (nSPS) is 13.6. The lowest BCUT2D eigenvalue weighted by Gasteiger charge is -2.17. The summed E-state index contributed by atoms with van der Waals surface area (Å²) >= 11 is 0. The Morgan fingerprint density at radius 1 is 1.12 bits per heavy atom. The van der Waals surface area contributed by atoms with E-state index in [4.69, 9.17) is 9.05 Å². The largest absolute Gasteiger partial charge is 0.361 e. The van der Waals surface area contributed by atoms with Crippen molar-refractivity contribution in [3.63, 3.8) is 0 Å². The molecule has 1 atom stereocenters. The Balaban J connectivity index is 3.03. The third-order valence-electron chi connectivity index (χ3n) is 2.08. The van der Waals surface area contributed by atoms with Crippen LogP contribution in [0, 0.1) is 0 Å². The van der Waals surface area contributed by atoms with Gasteiger partial charge in [-0.3, -0.25) is 8.77 Å². The molecule has 0 bridgehead atoms. The van der Waals surface area contributed by atoms with Crippen molar-refractivity contribution in [1.29, 1.82) is 0 Å². The summed E-state index contributed by atoms with van der Waals surface area (Å²) in [7, 11) is -4.26. The molecule has 0 aromatic heterocycles. The quantitative estimate of drug-likeness (QED) is 0.748. The summed E-state index contributed by atoms with van der Waals surface area (Å²) in [6.07, 6.45) is 1.60. The Kier molecular flexibility index (Phi) is 5.53. The molecule has 6 heteroatoms. The second-order valence-electron chi connectivity index (χ2n) is 3.28. The van der Waals surface area contributed by atoms with Gasteiger partial charge in [-0.15, -0.1) is 0 Å². The third-order valence-corrected chi connectivity index (χ3v) is 5.15. The van der Waals surface area contributed by atoms with Gasteiger partial charge in [0.1, 0.15) is 0 Å². The van der Waals surface area contributed by atoms with Gasteiger partial charge in [-0.1, -0.05) is 0 Å². The van der Waals surface area contributed by atoms with Crippen molar-refractivity contribution in [3.8, 4) is 0 Å². The highest BCUT2D eigenvalue weighted by Crippen LogP contribution is 2.46. The Bertz CT molecular complexity index is 420. The van der Waals surface area contributed by atoms with Crippen LogP contribution in [0.4, 0.5) is 0 Å². The molecule has 0 saturated carbocycles. The summed E-state index contributed by atoms with van der Waals surface area (Å²) in [5.41, 5.74) is 0. The van der Waals surface area contributed by atoms with Gasteiger partial charge in [0.05, 0.1) is 18.5 Å². The van der Waals surface area contributed by atoms with E-state index in [0.717, 1.165) is 0 Å². The van der Waals surface area contributed by atoms with E-state index in [2.05, 4.69) is 0 Å². The van der Waals surface area contributed by atoms with Gasteiger partial charge < -0.3 is 9.05 Å². The molecule has 1 aromatic carbocycles. The highest BCUT2D eigenvalue weighted by Gasteiger charge is 2.26. The lowest BCUT2D eigenvalue weighted by Crippen LogP contribution is -2.10. The van der Waals surface area contributed by atoms with Crippen molar-refractivity contribution >= 4 is 23.7 Å². The number of hydrogen-bond donors (Lipinski definition) is 0. The van der Waals surface area contributed by atoms with Crippen LogP contribution in [0.25, 0.3) is 0 Å². The smallest absolute Gasteiger partial charge is 0.305 e. The van der Waals surface area contributed by atoms with Crippen molar-refractivity contribution < 1.29 is 17.8 Å². The molecule has 0 aliphatic heterocycles. The summed E-state index contributed by atoms with van der Waals surface area (Å²) in [5.74, 6) is 0. The maximum absolute atomic E-state index is 12.4. The predicted molar refractivity (Wildman–Crippen MR) is 69.3 cm³/mol. The first-order valence-corrected chi connectivity index (χ1v) is 8.46. The standard InChI is InChI=1S/C11H17O4PS/c1-4-14-16(12,15-5-2)10-6-8-11(9-7-10)17(3)13/h6-9H,4-5H2,1-3H3. The molecule has 0 fully saturated rings. The summed E-state index contributed by atoms with van der Waals surface area (Å²) in [4.78, 5) is 0.688. The van der Waals surface area contributed by atoms with E-state index in [9.17, 15) is 8.77 Å². The molecule has 1 unspecified atom stereocenters. The third kappa shape index (κ3) is 3.75. The fraction of sp³-hybridized carbons (Fsp3) is 0.455. The zero-order valence-electron chi connectivity index (χ0n) is 10.2. The van der Waals surface area contributed by atoms with Crippen molar-refractivity contribution in [2.75, 3.05) is 19.5 Å². The minimum atomic E-state index is -3.22. The molecule has 1 aromatic rings. The molecule has 4 nitrogen and oxygen atoms in total. The van der Waals surface area contributed by atoms with Crippen molar-refractivity contribution in [3.05, 3.63) is 24.3 Å². The molecule has 17 heavy (non-hydrogen) atoms. The summed E-state index contributed by atoms with van der Waals surface area (Å²) in [6.45, 7) is 4.17. The first-order chi connectivity index (χ1) is 8.03. The molecule has 0 radical (unpaired) electrons. The first-order valence-electron chi connectivity index (χ1n) is 5.36. The molecule has 0 aliphatic carbocycles. The molecule has 0 N–H and O–H groups in total. The Labute approximate surface area is 104 Å². The minimum Gasteiger partial charge on any atom is -0.305 e. The predicted octanol–water partition coefficient (Wildman–Crippen LogP) is 2.32. The van der Waals surface area contributed by atoms with Gasteiger partial charge in [0.25, 0.3) is 0 Å². The van der Waals surface area contributed by atoms with E-state index in [1.54, 1.807) is 44.4 Å². The molecule has 96 valence electrons. The van der Waals surface area contributed by atoms with Crippen LogP contribution < -0.4 is 5.30 Å². The van der Waals surface area contributed by atoms with E-state index in [-0.39, 0.29) is 0 Å². The summed E-state index contributed by atoms with van der Waals surface area (Å²) in [6, 6.07) is 6.64. The van der Waals surface area contributed by atoms with E-state index >= 15 is 0 Å². The molecule has 0 aliphatic rings. The van der Waals surface area contributed by atoms with Gasteiger partial charge in [-0.05, 0) is 38.1 Å².